The molecule has 29 heavy (non-hydrogen) atoms. The lowest BCUT2D eigenvalue weighted by Crippen LogP contribution is -2.38. The van der Waals surface area contributed by atoms with E-state index in [-0.39, 0.29) is 0 Å². The van der Waals surface area contributed by atoms with Crippen LogP contribution in [-0.2, 0) is 6.54 Å². The molecular weight excluding hydrogens is 366 g/mol. The maximum Gasteiger partial charge on any atom is 0.203 e. The van der Waals surface area contributed by atoms with Gasteiger partial charge in [0.05, 0.1) is 27.9 Å². The average Bonchev–Trinajstić information content (AvgIpc) is 3.55. The standard InChI is InChI=1S/C23H31N3O3/c1-5-24-23(26-15-18-13-19(18)17-9-7-6-8-10-17)25-14-16-11-20(27-2)22(29-4)21(12-16)28-3/h6-12,18-19H,5,13-15H2,1-4H3,(H2,24,25,26). The molecule has 0 saturated heterocycles. The van der Waals surface area contributed by atoms with Crippen molar-refractivity contribution in [1.29, 1.82) is 0 Å². The number of hydrogen-bond acceptors (Lipinski definition) is 4. The van der Waals surface area contributed by atoms with E-state index in [0.717, 1.165) is 24.6 Å². The first-order valence-electron chi connectivity index (χ1n) is 10.1. The fourth-order valence-corrected chi connectivity index (χ4v) is 3.55. The second-order valence-electron chi connectivity index (χ2n) is 7.12. The number of nitrogens with zero attached hydrogens (tertiary/aromatic N) is 1. The summed E-state index contributed by atoms with van der Waals surface area (Å²) < 4.78 is 16.2. The van der Waals surface area contributed by atoms with Crippen molar-refractivity contribution in [3.63, 3.8) is 0 Å². The molecule has 1 aliphatic carbocycles. The van der Waals surface area contributed by atoms with Crippen LogP contribution in [0.1, 0.15) is 30.4 Å². The Labute approximate surface area is 173 Å². The van der Waals surface area contributed by atoms with E-state index in [4.69, 9.17) is 19.2 Å². The van der Waals surface area contributed by atoms with Crippen molar-refractivity contribution < 1.29 is 14.2 Å². The second-order valence-corrected chi connectivity index (χ2v) is 7.12. The van der Waals surface area contributed by atoms with Crippen molar-refractivity contribution in [2.45, 2.75) is 25.8 Å². The molecule has 3 rings (SSSR count). The molecule has 2 unspecified atom stereocenters. The average molecular weight is 398 g/mol. The van der Waals surface area contributed by atoms with Crippen molar-refractivity contribution in [1.82, 2.24) is 10.6 Å². The van der Waals surface area contributed by atoms with Gasteiger partial charge in [-0.05, 0) is 48.4 Å². The number of ether oxygens (including phenoxy) is 3. The summed E-state index contributed by atoms with van der Waals surface area (Å²) in [6.07, 6.45) is 1.23. The molecule has 0 heterocycles. The van der Waals surface area contributed by atoms with Crippen molar-refractivity contribution in [3.05, 3.63) is 53.6 Å². The van der Waals surface area contributed by atoms with Crippen molar-refractivity contribution in [2.24, 2.45) is 10.9 Å². The lowest BCUT2D eigenvalue weighted by Gasteiger charge is -2.14. The van der Waals surface area contributed by atoms with Gasteiger partial charge in [-0.25, -0.2) is 4.99 Å². The van der Waals surface area contributed by atoms with Crippen LogP contribution in [0.3, 0.4) is 0 Å². The Bertz CT molecular complexity index is 798. The van der Waals surface area contributed by atoms with E-state index < -0.39 is 0 Å². The molecule has 2 N–H and O–H groups in total. The predicted molar refractivity (Wildman–Crippen MR) is 116 cm³/mol. The number of hydrogen-bond donors (Lipinski definition) is 2. The van der Waals surface area contributed by atoms with Crippen LogP contribution < -0.4 is 24.8 Å². The van der Waals surface area contributed by atoms with Gasteiger partial charge in [-0.2, -0.15) is 0 Å². The van der Waals surface area contributed by atoms with Crippen LogP contribution in [0.5, 0.6) is 17.2 Å². The van der Waals surface area contributed by atoms with E-state index in [0.29, 0.717) is 35.6 Å². The van der Waals surface area contributed by atoms with Crippen LogP contribution in [0.15, 0.2) is 47.5 Å². The predicted octanol–water partition coefficient (Wildman–Crippen LogP) is 3.57. The monoisotopic (exact) mass is 397 g/mol. The number of nitrogens with one attached hydrogen (secondary N) is 2. The van der Waals surface area contributed by atoms with E-state index in [2.05, 4.69) is 47.9 Å². The fourth-order valence-electron chi connectivity index (χ4n) is 3.55. The third-order valence-corrected chi connectivity index (χ3v) is 5.17. The Balaban J connectivity index is 1.62. The molecule has 2 aromatic carbocycles. The molecule has 0 spiro atoms. The second kappa shape index (κ2) is 10.0. The zero-order valence-corrected chi connectivity index (χ0v) is 17.7. The molecule has 0 aliphatic heterocycles. The van der Waals surface area contributed by atoms with Crippen molar-refractivity contribution in [2.75, 3.05) is 34.4 Å². The van der Waals surface area contributed by atoms with Crippen molar-refractivity contribution >= 4 is 5.96 Å². The Morgan fingerprint density at radius 3 is 2.28 bits per heavy atom. The highest BCUT2D eigenvalue weighted by molar-refractivity contribution is 5.79. The summed E-state index contributed by atoms with van der Waals surface area (Å²) in [6, 6.07) is 14.6. The van der Waals surface area contributed by atoms with Crippen LogP contribution in [0.4, 0.5) is 0 Å². The summed E-state index contributed by atoms with van der Waals surface area (Å²) in [5.74, 6) is 4.00. The highest BCUT2D eigenvalue weighted by Gasteiger charge is 2.37. The molecule has 2 atom stereocenters. The quantitative estimate of drug-likeness (QED) is 0.500. The summed E-state index contributed by atoms with van der Waals surface area (Å²) in [5, 5.41) is 6.81. The van der Waals surface area contributed by atoms with E-state index in [9.17, 15) is 0 Å². The largest absolute Gasteiger partial charge is 0.493 e. The maximum absolute atomic E-state index is 5.43. The molecule has 156 valence electrons. The van der Waals surface area contributed by atoms with Gasteiger partial charge in [-0.15, -0.1) is 0 Å². The fraction of sp³-hybridized carbons (Fsp3) is 0.435. The van der Waals surface area contributed by atoms with E-state index in [1.165, 1.54) is 12.0 Å². The highest BCUT2D eigenvalue weighted by atomic mass is 16.5. The van der Waals surface area contributed by atoms with Crippen LogP contribution in [0.25, 0.3) is 0 Å². The maximum atomic E-state index is 5.43. The molecule has 2 aromatic rings. The zero-order chi connectivity index (χ0) is 20.6. The van der Waals surface area contributed by atoms with E-state index >= 15 is 0 Å². The molecule has 1 aliphatic rings. The first kappa shape index (κ1) is 20.8. The Morgan fingerprint density at radius 2 is 1.69 bits per heavy atom. The van der Waals surface area contributed by atoms with Gasteiger partial charge in [0.15, 0.2) is 17.5 Å². The summed E-state index contributed by atoms with van der Waals surface area (Å²) in [6.45, 7) is 4.31. The summed E-state index contributed by atoms with van der Waals surface area (Å²) in [4.78, 5) is 4.73. The number of benzene rings is 2. The lowest BCUT2D eigenvalue weighted by molar-refractivity contribution is 0.324. The first-order chi connectivity index (χ1) is 14.2. The SMILES string of the molecule is CCNC(=NCc1cc(OC)c(OC)c(OC)c1)NCC1CC1c1ccccc1. The number of methoxy groups -OCH3 is 3. The molecule has 0 aromatic heterocycles. The first-order valence-corrected chi connectivity index (χ1v) is 10.1. The van der Waals surface area contributed by atoms with Crippen molar-refractivity contribution in [3.8, 4) is 17.2 Å². The highest BCUT2D eigenvalue weighted by Crippen LogP contribution is 2.46. The lowest BCUT2D eigenvalue weighted by atomic mass is 10.1. The molecule has 6 nitrogen and oxygen atoms in total. The van der Waals surface area contributed by atoms with Gasteiger partial charge in [-0.3, -0.25) is 0 Å². The number of guanidine groups is 1. The Kier molecular flexibility index (Phi) is 7.22. The van der Waals surface area contributed by atoms with Gasteiger partial charge in [0.25, 0.3) is 0 Å². The summed E-state index contributed by atoms with van der Waals surface area (Å²) in [7, 11) is 4.84. The zero-order valence-electron chi connectivity index (χ0n) is 17.7. The van der Waals surface area contributed by atoms with Gasteiger partial charge in [0.1, 0.15) is 0 Å². The number of rotatable bonds is 9. The van der Waals surface area contributed by atoms with Gasteiger partial charge in [0, 0.05) is 13.1 Å². The topological polar surface area (TPSA) is 64.1 Å². The third kappa shape index (κ3) is 5.34. The molecule has 1 saturated carbocycles. The minimum absolute atomic E-state index is 0.513. The van der Waals surface area contributed by atoms with E-state index in [1.807, 2.05) is 12.1 Å². The van der Waals surface area contributed by atoms with Gasteiger partial charge in [-0.1, -0.05) is 30.3 Å². The molecular formula is C23H31N3O3. The summed E-state index contributed by atoms with van der Waals surface area (Å²) in [5.41, 5.74) is 2.42. The Hall–Kier alpha value is -2.89. The molecule has 0 radical (unpaired) electrons. The van der Waals surface area contributed by atoms with Crippen LogP contribution in [0, 0.1) is 5.92 Å². The van der Waals surface area contributed by atoms with Gasteiger partial charge in [0.2, 0.25) is 5.75 Å². The van der Waals surface area contributed by atoms with E-state index in [1.54, 1.807) is 21.3 Å². The van der Waals surface area contributed by atoms with Gasteiger partial charge < -0.3 is 24.8 Å². The molecule has 1 fully saturated rings. The van der Waals surface area contributed by atoms with Crippen LogP contribution in [0.2, 0.25) is 0 Å². The number of aliphatic imine (C=N–C) groups is 1. The van der Waals surface area contributed by atoms with Gasteiger partial charge >= 0.3 is 0 Å². The molecule has 6 heteroatoms. The van der Waals surface area contributed by atoms with Crippen LogP contribution >= 0.6 is 0 Å². The van der Waals surface area contributed by atoms with Crippen LogP contribution in [-0.4, -0.2) is 40.4 Å². The molecule has 0 bridgehead atoms. The smallest absolute Gasteiger partial charge is 0.203 e. The third-order valence-electron chi connectivity index (χ3n) is 5.17. The minimum Gasteiger partial charge on any atom is -0.493 e. The normalized spacial score (nSPS) is 18.1. The molecule has 0 amide bonds. The minimum atomic E-state index is 0.513. The summed E-state index contributed by atoms with van der Waals surface area (Å²) >= 11 is 0. The Morgan fingerprint density at radius 1 is 1.00 bits per heavy atom.